The van der Waals surface area contributed by atoms with Gasteiger partial charge < -0.3 is 8.99 Å². The van der Waals surface area contributed by atoms with Crippen LogP contribution in [-0.2, 0) is 11.0 Å². The molecule has 0 N–H and O–H groups in total. The van der Waals surface area contributed by atoms with Crippen molar-refractivity contribution < 1.29 is 4.43 Å². The van der Waals surface area contributed by atoms with Crippen LogP contribution in [0.1, 0.15) is 56.4 Å². The number of nitriles is 1. The second-order valence-electron chi connectivity index (χ2n) is 8.61. The summed E-state index contributed by atoms with van der Waals surface area (Å²) in [4.78, 5) is 4.37. The Morgan fingerprint density at radius 2 is 2.04 bits per heavy atom. The van der Waals surface area contributed by atoms with Gasteiger partial charge in [-0.25, -0.2) is 4.98 Å². The lowest BCUT2D eigenvalue weighted by Crippen LogP contribution is -2.32. The Morgan fingerprint density at radius 3 is 2.68 bits per heavy atom. The van der Waals surface area contributed by atoms with Crippen LogP contribution in [0.2, 0.25) is 19.1 Å². The van der Waals surface area contributed by atoms with E-state index in [1.165, 1.54) is 11.7 Å². The average molecular weight is 463 g/mol. The Bertz CT molecular complexity index is 810. The van der Waals surface area contributed by atoms with Crippen LogP contribution in [0.5, 0.6) is 0 Å². The maximum absolute atomic E-state index is 9.03. The molecule has 0 fully saturated rings. The smallest absolute Gasteiger partial charge is 0.186 e. The molecule has 0 radical (unpaired) electrons. The van der Waals surface area contributed by atoms with E-state index in [0.717, 1.165) is 36.0 Å². The molecule has 2 rings (SSSR count). The van der Waals surface area contributed by atoms with Crippen LogP contribution in [0, 0.1) is 17.2 Å². The second kappa shape index (κ2) is 10.4. The molecule has 152 valence electrons. The van der Waals surface area contributed by atoms with E-state index in [1.54, 1.807) is 0 Å². The molecule has 6 heteroatoms. The third-order valence-corrected chi connectivity index (χ3v) is 8.47. The van der Waals surface area contributed by atoms with E-state index in [0.29, 0.717) is 17.4 Å². The SMILES string of the molecule is CC(C)C[Si](C)(C)OCCCC(C)c1cncn1Cc1ccc(C#N)cc1Br. The Labute approximate surface area is 179 Å². The normalized spacial score (nSPS) is 12.9. The number of rotatable bonds is 10. The van der Waals surface area contributed by atoms with E-state index < -0.39 is 8.32 Å². The summed E-state index contributed by atoms with van der Waals surface area (Å²) >= 11 is 3.58. The summed E-state index contributed by atoms with van der Waals surface area (Å²) in [5.74, 6) is 1.13. The van der Waals surface area contributed by atoms with Gasteiger partial charge in [0.15, 0.2) is 8.32 Å². The van der Waals surface area contributed by atoms with Gasteiger partial charge in [-0.05, 0) is 61.5 Å². The number of aromatic nitrogens is 2. The predicted octanol–water partition coefficient (Wildman–Crippen LogP) is 6.33. The molecular weight excluding hydrogens is 430 g/mol. The van der Waals surface area contributed by atoms with Crippen molar-refractivity contribution in [1.29, 1.82) is 5.26 Å². The number of benzene rings is 1. The molecule has 0 aliphatic heterocycles. The highest BCUT2D eigenvalue weighted by molar-refractivity contribution is 9.10. The lowest BCUT2D eigenvalue weighted by atomic mass is 10.0. The summed E-state index contributed by atoms with van der Waals surface area (Å²) in [7, 11) is -1.53. The van der Waals surface area contributed by atoms with Gasteiger partial charge in [-0.15, -0.1) is 0 Å². The molecule has 1 aromatic carbocycles. The number of nitrogens with zero attached hydrogens (tertiary/aromatic N) is 3. The van der Waals surface area contributed by atoms with Crippen LogP contribution >= 0.6 is 15.9 Å². The number of imidazole rings is 1. The molecule has 0 saturated heterocycles. The maximum Gasteiger partial charge on any atom is 0.186 e. The number of halogens is 1. The van der Waals surface area contributed by atoms with Crippen molar-refractivity contribution in [3.05, 3.63) is 52.0 Å². The topological polar surface area (TPSA) is 50.8 Å². The lowest BCUT2D eigenvalue weighted by Gasteiger charge is -2.25. The van der Waals surface area contributed by atoms with Crippen LogP contribution < -0.4 is 0 Å². The molecule has 4 nitrogen and oxygen atoms in total. The van der Waals surface area contributed by atoms with Crippen molar-refractivity contribution in [2.24, 2.45) is 5.92 Å². The van der Waals surface area contributed by atoms with E-state index in [-0.39, 0.29) is 0 Å². The van der Waals surface area contributed by atoms with Crippen LogP contribution in [0.15, 0.2) is 35.2 Å². The van der Waals surface area contributed by atoms with Crippen LogP contribution in [-0.4, -0.2) is 24.5 Å². The van der Waals surface area contributed by atoms with E-state index in [1.807, 2.05) is 30.7 Å². The predicted molar refractivity (Wildman–Crippen MR) is 121 cm³/mol. The van der Waals surface area contributed by atoms with Gasteiger partial charge in [0.05, 0.1) is 18.0 Å². The van der Waals surface area contributed by atoms with Crippen molar-refractivity contribution in [1.82, 2.24) is 9.55 Å². The Hall–Kier alpha value is -1.42. The first-order valence-electron chi connectivity index (χ1n) is 10.0. The Kier molecular flexibility index (Phi) is 8.48. The van der Waals surface area contributed by atoms with Crippen molar-refractivity contribution >= 4 is 24.2 Å². The minimum atomic E-state index is -1.53. The first kappa shape index (κ1) is 22.9. The molecule has 0 saturated carbocycles. The fourth-order valence-corrected chi connectivity index (χ4v) is 7.02. The summed E-state index contributed by atoms with van der Waals surface area (Å²) in [6.07, 6.45) is 6.03. The number of hydrogen-bond donors (Lipinski definition) is 0. The molecule has 1 unspecified atom stereocenters. The number of hydrogen-bond acceptors (Lipinski definition) is 3. The molecule has 0 aliphatic carbocycles. The van der Waals surface area contributed by atoms with Gasteiger partial charge in [-0.2, -0.15) is 5.26 Å². The maximum atomic E-state index is 9.03. The molecule has 28 heavy (non-hydrogen) atoms. The average Bonchev–Trinajstić information content (AvgIpc) is 3.07. The zero-order valence-corrected chi connectivity index (χ0v) is 20.3. The third-order valence-electron chi connectivity index (χ3n) is 4.95. The zero-order valence-electron chi connectivity index (χ0n) is 17.7. The van der Waals surface area contributed by atoms with Crippen molar-refractivity contribution in [2.45, 2.75) is 65.2 Å². The monoisotopic (exact) mass is 461 g/mol. The minimum absolute atomic E-state index is 0.429. The standard InChI is InChI=1S/C22H32BrN3OSi/c1-17(2)15-28(4,5)27-10-6-7-18(3)22-13-25-16-26(22)14-20-9-8-19(12-24)11-21(20)23/h8-9,11,13,16-18H,6-7,10,14-15H2,1-5H3. The van der Waals surface area contributed by atoms with Crippen LogP contribution in [0.3, 0.4) is 0 Å². The molecule has 0 bridgehead atoms. The van der Waals surface area contributed by atoms with E-state index in [2.05, 4.69) is 65.4 Å². The molecule has 0 spiro atoms. The van der Waals surface area contributed by atoms with E-state index in [9.17, 15) is 0 Å². The van der Waals surface area contributed by atoms with Gasteiger partial charge in [0.25, 0.3) is 0 Å². The van der Waals surface area contributed by atoms with Gasteiger partial charge in [-0.1, -0.05) is 42.8 Å². The molecule has 1 atom stereocenters. The van der Waals surface area contributed by atoms with Crippen molar-refractivity contribution in [3.63, 3.8) is 0 Å². The largest absolute Gasteiger partial charge is 0.417 e. The van der Waals surface area contributed by atoms with E-state index >= 15 is 0 Å². The van der Waals surface area contributed by atoms with Gasteiger partial charge >= 0.3 is 0 Å². The van der Waals surface area contributed by atoms with Gasteiger partial charge in [0, 0.05) is 29.5 Å². The highest BCUT2D eigenvalue weighted by atomic mass is 79.9. The van der Waals surface area contributed by atoms with Crippen LogP contribution in [0.25, 0.3) is 0 Å². The quantitative estimate of drug-likeness (QED) is 0.306. The van der Waals surface area contributed by atoms with Crippen LogP contribution in [0.4, 0.5) is 0 Å². The van der Waals surface area contributed by atoms with Crippen molar-refractivity contribution in [3.8, 4) is 6.07 Å². The zero-order chi connectivity index (χ0) is 20.7. The first-order chi connectivity index (χ1) is 13.2. The molecular formula is C22H32BrN3OSi. The van der Waals surface area contributed by atoms with Gasteiger partial charge in [0.2, 0.25) is 0 Å². The lowest BCUT2D eigenvalue weighted by molar-refractivity contribution is 0.288. The molecule has 2 aromatic rings. The van der Waals surface area contributed by atoms with Crippen molar-refractivity contribution in [2.75, 3.05) is 6.61 Å². The first-order valence-corrected chi connectivity index (χ1v) is 13.9. The molecule has 1 aromatic heterocycles. The molecule has 0 aliphatic rings. The fraction of sp³-hybridized carbons (Fsp3) is 0.545. The fourth-order valence-electron chi connectivity index (χ4n) is 3.73. The third kappa shape index (κ3) is 6.88. The molecule has 0 amide bonds. The summed E-state index contributed by atoms with van der Waals surface area (Å²) < 4.78 is 9.42. The summed E-state index contributed by atoms with van der Waals surface area (Å²) in [6.45, 7) is 13.0. The highest BCUT2D eigenvalue weighted by Gasteiger charge is 2.23. The Balaban J connectivity index is 1.91. The molecule has 1 heterocycles. The summed E-state index contributed by atoms with van der Waals surface area (Å²) in [5, 5.41) is 9.03. The Morgan fingerprint density at radius 1 is 1.29 bits per heavy atom. The van der Waals surface area contributed by atoms with Gasteiger partial charge in [0.1, 0.15) is 0 Å². The van der Waals surface area contributed by atoms with E-state index in [4.69, 9.17) is 9.69 Å². The summed E-state index contributed by atoms with van der Waals surface area (Å²) in [5.41, 5.74) is 3.06. The summed E-state index contributed by atoms with van der Waals surface area (Å²) in [6, 6.07) is 9.13. The second-order valence-corrected chi connectivity index (χ2v) is 13.7. The minimum Gasteiger partial charge on any atom is -0.417 e. The highest BCUT2D eigenvalue weighted by Crippen LogP contribution is 2.25. The van der Waals surface area contributed by atoms with Gasteiger partial charge in [-0.3, -0.25) is 0 Å².